The number of aliphatic carboxylic acids is 1. The van der Waals surface area contributed by atoms with E-state index in [2.05, 4.69) is 0 Å². The van der Waals surface area contributed by atoms with E-state index in [1.54, 1.807) is 0 Å². The van der Waals surface area contributed by atoms with Crippen LogP contribution in [0.1, 0.15) is 18.1 Å². The van der Waals surface area contributed by atoms with Gasteiger partial charge in [-0.1, -0.05) is 17.7 Å². The predicted molar refractivity (Wildman–Crippen MR) is 65.9 cm³/mol. The highest BCUT2D eigenvalue weighted by molar-refractivity contribution is 6.31. The lowest BCUT2D eigenvalue weighted by Gasteiger charge is -2.10. The topological polar surface area (TPSA) is 66.4 Å². The van der Waals surface area contributed by atoms with E-state index < -0.39 is 34.3 Å². The highest BCUT2D eigenvalue weighted by atomic mass is 35.5. The quantitative estimate of drug-likeness (QED) is 0.844. The van der Waals surface area contributed by atoms with Crippen molar-refractivity contribution in [1.82, 2.24) is 5.32 Å². The molecule has 0 unspecified atom stereocenters. The average molecular weight is 308 g/mol. The molecule has 0 aliphatic carbocycles. The first-order chi connectivity index (χ1) is 9.11. The molecule has 1 aromatic rings. The number of rotatable bonds is 3. The molecule has 1 amide bonds. The van der Waals surface area contributed by atoms with E-state index in [1.165, 1.54) is 6.07 Å². The number of benzene rings is 1. The molecule has 0 fully saturated rings. The minimum Gasteiger partial charge on any atom is -0.477 e. The highest BCUT2D eigenvalue weighted by Gasteiger charge is 2.33. The zero-order valence-electron chi connectivity index (χ0n) is 10.1. The maximum atomic E-state index is 12.6. The van der Waals surface area contributed by atoms with Crippen LogP contribution in [0.3, 0.4) is 0 Å². The zero-order chi connectivity index (χ0) is 15.5. The zero-order valence-corrected chi connectivity index (χ0v) is 10.8. The number of hydrogen-bond acceptors (Lipinski definition) is 2. The summed E-state index contributed by atoms with van der Waals surface area (Å²) in [4.78, 5) is 21.7. The van der Waals surface area contributed by atoms with E-state index in [9.17, 15) is 22.8 Å². The van der Waals surface area contributed by atoms with Crippen LogP contribution in [0.4, 0.5) is 13.2 Å². The van der Waals surface area contributed by atoms with Gasteiger partial charge in [-0.25, -0.2) is 4.79 Å². The maximum Gasteiger partial charge on any atom is 0.417 e. The fourth-order valence-corrected chi connectivity index (χ4v) is 1.58. The van der Waals surface area contributed by atoms with Gasteiger partial charge in [-0.15, -0.1) is 0 Å². The van der Waals surface area contributed by atoms with Crippen molar-refractivity contribution in [2.24, 2.45) is 0 Å². The predicted octanol–water partition coefficient (Wildman–Crippen LogP) is 2.92. The van der Waals surface area contributed by atoms with Gasteiger partial charge in [0.1, 0.15) is 5.70 Å². The first-order valence-electron chi connectivity index (χ1n) is 5.20. The van der Waals surface area contributed by atoms with Gasteiger partial charge in [-0.05, 0) is 23.8 Å². The maximum absolute atomic E-state index is 12.6. The summed E-state index contributed by atoms with van der Waals surface area (Å²) in [5.74, 6) is -2.12. The van der Waals surface area contributed by atoms with E-state index in [1.807, 2.05) is 5.32 Å². The van der Waals surface area contributed by atoms with Crippen molar-refractivity contribution in [3.63, 3.8) is 0 Å². The standard InChI is InChI=1S/C12H9ClF3NO3/c1-6(18)17-10(11(19)20)5-7-2-3-9(13)8(4-7)12(14,15)16/h2-5H,1H3,(H,17,18)(H,19,20). The largest absolute Gasteiger partial charge is 0.477 e. The fourth-order valence-electron chi connectivity index (χ4n) is 1.36. The first kappa shape index (κ1) is 16.0. The van der Waals surface area contributed by atoms with E-state index >= 15 is 0 Å². The van der Waals surface area contributed by atoms with Gasteiger partial charge in [0.25, 0.3) is 0 Å². The van der Waals surface area contributed by atoms with Crippen LogP contribution in [0, 0.1) is 0 Å². The molecule has 0 bridgehead atoms. The van der Waals surface area contributed by atoms with E-state index in [-0.39, 0.29) is 5.56 Å². The molecule has 0 spiro atoms. The van der Waals surface area contributed by atoms with Crippen LogP contribution in [0.15, 0.2) is 23.9 Å². The summed E-state index contributed by atoms with van der Waals surface area (Å²) in [5, 5.41) is 10.4. The Hall–Kier alpha value is -2.02. The molecule has 0 saturated heterocycles. The van der Waals surface area contributed by atoms with Crippen LogP contribution in [0.2, 0.25) is 5.02 Å². The molecule has 2 N–H and O–H groups in total. The first-order valence-corrected chi connectivity index (χ1v) is 5.58. The van der Waals surface area contributed by atoms with Crippen LogP contribution >= 0.6 is 11.6 Å². The Balaban J connectivity index is 3.26. The molecule has 0 saturated carbocycles. The van der Waals surface area contributed by atoms with Gasteiger partial charge < -0.3 is 10.4 Å². The van der Waals surface area contributed by atoms with Gasteiger partial charge in [0.05, 0.1) is 10.6 Å². The summed E-state index contributed by atoms with van der Waals surface area (Å²) >= 11 is 5.44. The Morgan fingerprint density at radius 1 is 1.35 bits per heavy atom. The Labute approximate surface area is 116 Å². The fraction of sp³-hybridized carbons (Fsp3) is 0.167. The van der Waals surface area contributed by atoms with E-state index in [0.717, 1.165) is 19.1 Å². The highest BCUT2D eigenvalue weighted by Crippen LogP contribution is 2.35. The number of hydrogen-bond donors (Lipinski definition) is 2. The molecule has 8 heteroatoms. The molecule has 4 nitrogen and oxygen atoms in total. The molecule has 0 aliphatic heterocycles. The molecule has 20 heavy (non-hydrogen) atoms. The van der Waals surface area contributed by atoms with Crippen LogP contribution < -0.4 is 5.32 Å². The van der Waals surface area contributed by atoms with Gasteiger partial charge >= 0.3 is 12.1 Å². The lowest BCUT2D eigenvalue weighted by Crippen LogP contribution is -2.24. The van der Waals surface area contributed by atoms with Crippen molar-refractivity contribution in [3.05, 3.63) is 40.0 Å². The van der Waals surface area contributed by atoms with Gasteiger partial charge in [0.2, 0.25) is 5.91 Å². The molecule has 1 aromatic carbocycles. The SMILES string of the molecule is CC(=O)NC(=Cc1ccc(Cl)c(C(F)(F)F)c1)C(=O)O. The van der Waals surface area contributed by atoms with E-state index in [4.69, 9.17) is 16.7 Å². The van der Waals surface area contributed by atoms with Gasteiger partial charge in [-0.2, -0.15) is 13.2 Å². The third kappa shape index (κ3) is 4.27. The van der Waals surface area contributed by atoms with Gasteiger partial charge in [-0.3, -0.25) is 4.79 Å². The van der Waals surface area contributed by atoms with E-state index in [0.29, 0.717) is 6.07 Å². The second-order valence-electron chi connectivity index (χ2n) is 3.78. The third-order valence-corrected chi connectivity index (χ3v) is 2.48. The molecule has 0 heterocycles. The van der Waals surface area contributed by atoms with Crippen molar-refractivity contribution in [2.45, 2.75) is 13.1 Å². The third-order valence-electron chi connectivity index (χ3n) is 2.15. The van der Waals surface area contributed by atoms with Crippen molar-refractivity contribution >= 4 is 29.6 Å². The second kappa shape index (κ2) is 5.96. The Kier molecular flexibility index (Phi) is 4.78. The van der Waals surface area contributed by atoms with Crippen LogP contribution in [0.25, 0.3) is 6.08 Å². The van der Waals surface area contributed by atoms with Crippen molar-refractivity contribution in [1.29, 1.82) is 0 Å². The summed E-state index contributed by atoms with van der Waals surface area (Å²) in [6, 6.07) is 2.92. The molecule has 1 rings (SSSR count). The normalized spacial score (nSPS) is 12.2. The van der Waals surface area contributed by atoms with Crippen LogP contribution in [-0.4, -0.2) is 17.0 Å². The summed E-state index contributed by atoms with van der Waals surface area (Å²) in [6.45, 7) is 1.08. The van der Waals surface area contributed by atoms with Gasteiger partial charge in [0.15, 0.2) is 0 Å². The minimum absolute atomic E-state index is 0.0483. The number of halogens is 4. The number of carbonyl (C=O) groups excluding carboxylic acids is 1. The molecule has 0 radical (unpaired) electrons. The summed E-state index contributed by atoms with van der Waals surface area (Å²) in [6.07, 6.45) is -3.74. The second-order valence-corrected chi connectivity index (χ2v) is 4.19. The van der Waals surface area contributed by atoms with Crippen molar-refractivity contribution in [3.8, 4) is 0 Å². The lowest BCUT2D eigenvalue weighted by molar-refractivity contribution is -0.137. The number of carboxylic acid groups (broad SMARTS) is 1. The average Bonchev–Trinajstić information content (AvgIpc) is 2.28. The smallest absolute Gasteiger partial charge is 0.417 e. The monoisotopic (exact) mass is 307 g/mol. The number of amides is 1. The Bertz CT molecular complexity index is 582. The molecule has 0 aliphatic rings. The molecule has 108 valence electrons. The Morgan fingerprint density at radius 2 is 1.95 bits per heavy atom. The molecule has 0 atom stereocenters. The molecular weight excluding hydrogens is 299 g/mol. The van der Waals surface area contributed by atoms with Crippen molar-refractivity contribution in [2.75, 3.05) is 0 Å². The molecular formula is C12H9ClF3NO3. The van der Waals surface area contributed by atoms with Gasteiger partial charge in [0, 0.05) is 6.92 Å². The summed E-state index contributed by atoms with van der Waals surface area (Å²) < 4.78 is 37.9. The number of carboxylic acids is 1. The lowest BCUT2D eigenvalue weighted by atomic mass is 10.1. The van der Waals surface area contributed by atoms with Crippen LogP contribution in [0.5, 0.6) is 0 Å². The number of nitrogens with one attached hydrogen (secondary N) is 1. The Morgan fingerprint density at radius 3 is 2.40 bits per heavy atom. The molecule has 0 aromatic heterocycles. The summed E-state index contributed by atoms with van der Waals surface area (Å²) in [5.41, 5.74) is -1.67. The summed E-state index contributed by atoms with van der Waals surface area (Å²) in [7, 11) is 0. The number of alkyl halides is 3. The number of carbonyl (C=O) groups is 2. The van der Waals surface area contributed by atoms with Crippen molar-refractivity contribution < 1.29 is 27.9 Å². The minimum atomic E-state index is -4.65. The van der Waals surface area contributed by atoms with Crippen LogP contribution in [-0.2, 0) is 15.8 Å².